The van der Waals surface area contributed by atoms with Crippen molar-refractivity contribution in [1.82, 2.24) is 10.2 Å². The summed E-state index contributed by atoms with van der Waals surface area (Å²) in [6, 6.07) is 7.34. The highest BCUT2D eigenvalue weighted by Gasteiger charge is 2.09. The topological polar surface area (TPSA) is 57.8 Å². The third-order valence-electron chi connectivity index (χ3n) is 2.69. The Balaban J connectivity index is 2.14. The van der Waals surface area contributed by atoms with Crippen LogP contribution in [0.15, 0.2) is 28.7 Å². The second kappa shape index (κ2) is 5.35. The van der Waals surface area contributed by atoms with E-state index >= 15 is 0 Å². The first-order chi connectivity index (χ1) is 8.60. The Morgan fingerprint density at radius 1 is 1.44 bits per heavy atom. The first-order valence-electron chi connectivity index (χ1n) is 5.72. The van der Waals surface area contributed by atoms with Gasteiger partial charge in [-0.05, 0) is 31.0 Å². The number of hydrogen-bond acceptors (Lipinski definition) is 2. The summed E-state index contributed by atoms with van der Waals surface area (Å²) in [4.78, 5) is 12.0. The summed E-state index contributed by atoms with van der Waals surface area (Å²) < 4.78 is 0.923. The maximum Gasteiger partial charge on any atom is 0.256 e. The Hall–Kier alpha value is -1.62. The molecule has 0 saturated heterocycles. The molecule has 0 aliphatic carbocycles. The molecule has 2 aromatic rings. The number of benzene rings is 1. The number of amides is 1. The van der Waals surface area contributed by atoms with Crippen LogP contribution < -0.4 is 5.32 Å². The van der Waals surface area contributed by atoms with E-state index in [-0.39, 0.29) is 5.91 Å². The summed E-state index contributed by atoms with van der Waals surface area (Å²) in [5.41, 5.74) is 2.70. The summed E-state index contributed by atoms with van der Waals surface area (Å²) in [5.74, 6) is 0.387. The van der Waals surface area contributed by atoms with Gasteiger partial charge >= 0.3 is 0 Å². The second-order valence-corrected chi connectivity index (χ2v) is 4.90. The molecule has 1 aromatic carbocycles. The molecule has 18 heavy (non-hydrogen) atoms. The Morgan fingerprint density at radius 2 is 2.22 bits per heavy atom. The molecule has 0 radical (unpaired) electrons. The zero-order valence-corrected chi connectivity index (χ0v) is 11.8. The molecule has 0 atom stereocenters. The molecule has 0 spiro atoms. The molecule has 2 rings (SSSR count). The number of carbonyl (C=O) groups is 1. The van der Waals surface area contributed by atoms with Crippen molar-refractivity contribution >= 4 is 27.7 Å². The van der Waals surface area contributed by atoms with Crippen LogP contribution in [-0.2, 0) is 6.42 Å². The van der Waals surface area contributed by atoms with Gasteiger partial charge in [0.25, 0.3) is 5.91 Å². The summed E-state index contributed by atoms with van der Waals surface area (Å²) in [5, 5.41) is 9.64. The molecule has 0 bridgehead atoms. The average molecular weight is 308 g/mol. The highest BCUT2D eigenvalue weighted by molar-refractivity contribution is 9.10. The van der Waals surface area contributed by atoms with Crippen LogP contribution >= 0.6 is 15.9 Å². The van der Waals surface area contributed by atoms with Gasteiger partial charge in [-0.3, -0.25) is 9.89 Å². The molecule has 1 amide bonds. The minimum absolute atomic E-state index is 0.162. The second-order valence-electron chi connectivity index (χ2n) is 4.05. The molecule has 1 heterocycles. The van der Waals surface area contributed by atoms with E-state index in [9.17, 15) is 4.79 Å². The third kappa shape index (κ3) is 2.79. The van der Waals surface area contributed by atoms with Crippen LogP contribution in [0.5, 0.6) is 0 Å². The van der Waals surface area contributed by atoms with Gasteiger partial charge in [-0.15, -0.1) is 0 Å². The molecule has 5 heteroatoms. The summed E-state index contributed by atoms with van der Waals surface area (Å²) in [7, 11) is 0. The molecule has 1 aromatic heterocycles. The molecule has 0 fully saturated rings. The van der Waals surface area contributed by atoms with Gasteiger partial charge in [0.2, 0.25) is 0 Å². The number of hydrogen-bond donors (Lipinski definition) is 2. The molecular weight excluding hydrogens is 294 g/mol. The van der Waals surface area contributed by atoms with Crippen molar-refractivity contribution in [3.8, 4) is 0 Å². The molecule has 4 nitrogen and oxygen atoms in total. The quantitative estimate of drug-likeness (QED) is 0.914. The largest absolute Gasteiger partial charge is 0.305 e. The lowest BCUT2D eigenvalue weighted by molar-refractivity contribution is 0.102. The van der Waals surface area contributed by atoms with E-state index in [1.165, 1.54) is 0 Å². The van der Waals surface area contributed by atoms with Crippen LogP contribution in [0.1, 0.15) is 28.5 Å². The minimum Gasteiger partial charge on any atom is -0.305 e. The van der Waals surface area contributed by atoms with Crippen LogP contribution in [0, 0.1) is 6.92 Å². The van der Waals surface area contributed by atoms with Gasteiger partial charge in [-0.2, -0.15) is 5.10 Å². The fourth-order valence-corrected chi connectivity index (χ4v) is 1.91. The van der Waals surface area contributed by atoms with Crippen molar-refractivity contribution < 1.29 is 4.79 Å². The Labute approximate surface area is 114 Å². The number of nitrogens with one attached hydrogen (secondary N) is 2. The van der Waals surface area contributed by atoms with E-state index in [4.69, 9.17) is 0 Å². The zero-order valence-electron chi connectivity index (χ0n) is 10.2. The van der Waals surface area contributed by atoms with E-state index in [2.05, 4.69) is 31.4 Å². The van der Waals surface area contributed by atoms with Gasteiger partial charge in [-0.25, -0.2) is 0 Å². The molecule has 0 aliphatic rings. The zero-order chi connectivity index (χ0) is 13.1. The van der Waals surface area contributed by atoms with E-state index in [1.54, 1.807) is 12.1 Å². The van der Waals surface area contributed by atoms with Gasteiger partial charge in [0.1, 0.15) is 0 Å². The number of halogens is 1. The highest BCUT2D eigenvalue weighted by atomic mass is 79.9. The number of aromatic amines is 1. The number of aryl methyl sites for hydroxylation is 2. The van der Waals surface area contributed by atoms with E-state index < -0.39 is 0 Å². The normalized spacial score (nSPS) is 10.4. The van der Waals surface area contributed by atoms with Gasteiger partial charge in [0, 0.05) is 21.8 Å². The van der Waals surface area contributed by atoms with Crippen LogP contribution in [0.2, 0.25) is 0 Å². The van der Waals surface area contributed by atoms with Crippen LogP contribution in [0.4, 0.5) is 5.82 Å². The lowest BCUT2D eigenvalue weighted by Gasteiger charge is -2.04. The van der Waals surface area contributed by atoms with Crippen molar-refractivity contribution in [2.45, 2.75) is 20.3 Å². The fraction of sp³-hybridized carbons (Fsp3) is 0.231. The lowest BCUT2D eigenvalue weighted by atomic mass is 10.1. The van der Waals surface area contributed by atoms with Crippen LogP contribution in [0.25, 0.3) is 0 Å². The van der Waals surface area contributed by atoms with Gasteiger partial charge in [-0.1, -0.05) is 28.9 Å². The molecule has 2 N–H and O–H groups in total. The Bertz CT molecular complexity index is 577. The van der Waals surface area contributed by atoms with Crippen molar-refractivity contribution in [3.63, 3.8) is 0 Å². The highest BCUT2D eigenvalue weighted by Crippen LogP contribution is 2.18. The van der Waals surface area contributed by atoms with E-state index in [1.807, 2.05) is 26.0 Å². The van der Waals surface area contributed by atoms with E-state index in [0.717, 1.165) is 22.2 Å². The first-order valence-corrected chi connectivity index (χ1v) is 6.51. The van der Waals surface area contributed by atoms with Gasteiger partial charge < -0.3 is 5.32 Å². The number of nitrogens with zero attached hydrogens (tertiary/aromatic N) is 1. The van der Waals surface area contributed by atoms with Crippen molar-refractivity contribution in [2.75, 3.05) is 5.32 Å². The number of aromatic nitrogens is 2. The third-order valence-corrected chi connectivity index (χ3v) is 3.54. The average Bonchev–Trinajstić information content (AvgIpc) is 2.80. The Morgan fingerprint density at radius 3 is 2.83 bits per heavy atom. The maximum absolute atomic E-state index is 12.0. The van der Waals surface area contributed by atoms with Crippen LogP contribution in [-0.4, -0.2) is 16.1 Å². The SMILES string of the molecule is CCc1cc(NC(=O)c2ccc(C)c(Br)c2)n[nH]1. The standard InChI is InChI=1S/C13H14BrN3O/c1-3-10-7-12(17-16-10)15-13(18)9-5-4-8(2)11(14)6-9/h4-7H,3H2,1-2H3,(H2,15,16,17,18). The summed E-state index contributed by atoms with van der Waals surface area (Å²) in [6.07, 6.45) is 0.860. The van der Waals surface area contributed by atoms with Crippen molar-refractivity contribution in [3.05, 3.63) is 45.6 Å². The number of carbonyl (C=O) groups excluding carboxylic acids is 1. The maximum atomic E-state index is 12.0. The molecule has 94 valence electrons. The Kier molecular flexibility index (Phi) is 3.81. The number of anilines is 1. The lowest BCUT2D eigenvalue weighted by Crippen LogP contribution is -2.12. The predicted octanol–water partition coefficient (Wildman–Crippen LogP) is 3.30. The number of H-pyrrole nitrogens is 1. The van der Waals surface area contributed by atoms with Crippen LogP contribution in [0.3, 0.4) is 0 Å². The first kappa shape index (κ1) is 12.8. The van der Waals surface area contributed by atoms with E-state index in [0.29, 0.717) is 11.4 Å². The molecular formula is C13H14BrN3O. The molecule has 0 saturated carbocycles. The van der Waals surface area contributed by atoms with Gasteiger partial charge in [0.05, 0.1) is 0 Å². The van der Waals surface area contributed by atoms with Gasteiger partial charge in [0.15, 0.2) is 5.82 Å². The minimum atomic E-state index is -0.162. The monoisotopic (exact) mass is 307 g/mol. The van der Waals surface area contributed by atoms with Crippen molar-refractivity contribution in [2.24, 2.45) is 0 Å². The molecule has 0 unspecified atom stereocenters. The predicted molar refractivity (Wildman–Crippen MR) is 74.8 cm³/mol. The number of rotatable bonds is 3. The summed E-state index contributed by atoms with van der Waals surface area (Å²) in [6.45, 7) is 4.00. The fourth-order valence-electron chi connectivity index (χ4n) is 1.53. The molecule has 0 aliphatic heterocycles. The summed E-state index contributed by atoms with van der Waals surface area (Å²) >= 11 is 3.41. The smallest absolute Gasteiger partial charge is 0.256 e. The van der Waals surface area contributed by atoms with Crippen molar-refractivity contribution in [1.29, 1.82) is 0 Å².